The molecule has 0 radical (unpaired) electrons. The van der Waals surface area contributed by atoms with Crippen LogP contribution in [0, 0.1) is 11.8 Å². The second kappa shape index (κ2) is 9.67. The van der Waals surface area contributed by atoms with Gasteiger partial charge in [0.05, 0.1) is 14.2 Å². The topological polar surface area (TPSA) is 125 Å². The van der Waals surface area contributed by atoms with Gasteiger partial charge in [-0.05, 0) is 18.2 Å². The number of rotatable bonds is 7. The number of primary amides is 1. The Labute approximate surface area is 167 Å². The van der Waals surface area contributed by atoms with E-state index in [2.05, 4.69) is 46.7 Å². The van der Waals surface area contributed by atoms with Crippen LogP contribution in [0.3, 0.4) is 0 Å². The maximum atomic E-state index is 12.5. The highest BCUT2D eigenvalue weighted by Crippen LogP contribution is 2.22. The molecule has 142 valence electrons. The van der Waals surface area contributed by atoms with Crippen LogP contribution in [0.25, 0.3) is 0 Å². The smallest absolute Gasteiger partial charge is 0.320 e. The van der Waals surface area contributed by atoms with Crippen LogP contribution >= 0.6 is 31.9 Å². The zero-order valence-electron chi connectivity index (χ0n) is 14.2. The van der Waals surface area contributed by atoms with E-state index in [4.69, 9.17) is 5.73 Å². The molecule has 0 aliphatic heterocycles. The summed E-state index contributed by atoms with van der Waals surface area (Å²) in [5.41, 5.74) is 5.62. The van der Waals surface area contributed by atoms with Crippen LogP contribution in [-0.4, -0.2) is 44.0 Å². The van der Waals surface area contributed by atoms with Crippen LogP contribution in [0.5, 0.6) is 0 Å². The number of carbonyl (C=O) groups excluding carboxylic acids is 4. The van der Waals surface area contributed by atoms with Gasteiger partial charge in [-0.15, -0.1) is 0 Å². The molecule has 10 heteroatoms. The minimum atomic E-state index is -1.42. The van der Waals surface area contributed by atoms with Gasteiger partial charge < -0.3 is 20.5 Å². The molecule has 0 aliphatic rings. The second-order valence-corrected chi connectivity index (χ2v) is 7.23. The molecular formula is C16H18Br2N2O6. The lowest BCUT2D eigenvalue weighted by Gasteiger charge is -2.26. The minimum Gasteiger partial charge on any atom is -0.468 e. The van der Waals surface area contributed by atoms with Gasteiger partial charge in [0, 0.05) is 20.4 Å². The summed E-state index contributed by atoms with van der Waals surface area (Å²) in [4.78, 5) is 48.2. The predicted molar refractivity (Wildman–Crippen MR) is 99.0 cm³/mol. The molecule has 0 fully saturated rings. The Balaban J connectivity index is 3.13. The highest BCUT2D eigenvalue weighted by molar-refractivity contribution is 9.11. The van der Waals surface area contributed by atoms with Gasteiger partial charge in [0.15, 0.2) is 5.92 Å². The molecule has 1 aromatic carbocycles. The summed E-state index contributed by atoms with van der Waals surface area (Å²) in [5.74, 6) is -5.71. The standard InChI is InChI=1S/C16H18Br2N2O6/c1-7(11(15(23)25-2)16(24)26-3)12(13(19)21)20-14(22)8-4-9(17)6-10(18)5-8/h4-7,11-12H,1-3H3,(H2,19,21)(H,20,22)/t7-,12+/m1/s1. The molecule has 2 atom stereocenters. The van der Waals surface area contributed by atoms with Crippen LogP contribution in [0.2, 0.25) is 0 Å². The van der Waals surface area contributed by atoms with Crippen molar-refractivity contribution >= 4 is 55.6 Å². The van der Waals surface area contributed by atoms with Crippen LogP contribution in [0.15, 0.2) is 27.1 Å². The minimum absolute atomic E-state index is 0.248. The first-order chi connectivity index (χ1) is 12.1. The Morgan fingerprint density at radius 3 is 1.85 bits per heavy atom. The summed E-state index contributed by atoms with van der Waals surface area (Å²) in [5, 5.41) is 2.45. The molecule has 0 bridgehead atoms. The van der Waals surface area contributed by atoms with Crippen molar-refractivity contribution in [3.63, 3.8) is 0 Å². The number of hydrogen-bond acceptors (Lipinski definition) is 6. The van der Waals surface area contributed by atoms with Gasteiger partial charge >= 0.3 is 11.9 Å². The van der Waals surface area contributed by atoms with Crippen LogP contribution in [0.1, 0.15) is 17.3 Å². The average Bonchev–Trinajstić information content (AvgIpc) is 2.57. The summed E-state index contributed by atoms with van der Waals surface area (Å²) >= 11 is 6.52. The molecule has 26 heavy (non-hydrogen) atoms. The average molecular weight is 494 g/mol. The number of amides is 2. The quantitative estimate of drug-likeness (QED) is 0.436. The third-order valence-electron chi connectivity index (χ3n) is 3.68. The van der Waals surface area contributed by atoms with Gasteiger partial charge in [-0.25, -0.2) is 0 Å². The fourth-order valence-electron chi connectivity index (χ4n) is 2.34. The van der Waals surface area contributed by atoms with Crippen LogP contribution in [-0.2, 0) is 23.9 Å². The molecule has 0 aliphatic carbocycles. The van der Waals surface area contributed by atoms with Gasteiger partial charge in [-0.2, -0.15) is 0 Å². The fourth-order valence-corrected chi connectivity index (χ4v) is 3.64. The molecule has 0 spiro atoms. The first kappa shape index (κ1) is 22.1. The van der Waals surface area contributed by atoms with Crippen molar-refractivity contribution in [1.29, 1.82) is 0 Å². The van der Waals surface area contributed by atoms with Crippen molar-refractivity contribution in [3.8, 4) is 0 Å². The van der Waals surface area contributed by atoms with E-state index in [0.717, 1.165) is 14.2 Å². The Morgan fingerprint density at radius 1 is 1.00 bits per heavy atom. The van der Waals surface area contributed by atoms with Gasteiger partial charge in [0.25, 0.3) is 5.91 Å². The van der Waals surface area contributed by atoms with Gasteiger partial charge in [0.1, 0.15) is 6.04 Å². The predicted octanol–water partition coefficient (Wildman–Crippen LogP) is 1.39. The second-order valence-electron chi connectivity index (χ2n) is 5.39. The van der Waals surface area contributed by atoms with Crippen molar-refractivity contribution in [1.82, 2.24) is 5.32 Å². The third-order valence-corrected chi connectivity index (χ3v) is 4.60. The Bertz CT molecular complexity index is 688. The van der Waals surface area contributed by atoms with E-state index in [9.17, 15) is 19.2 Å². The number of halogens is 2. The first-order valence-electron chi connectivity index (χ1n) is 7.34. The zero-order valence-corrected chi connectivity index (χ0v) is 17.4. The molecule has 0 saturated carbocycles. The number of ether oxygens (including phenoxy) is 2. The molecule has 0 heterocycles. The van der Waals surface area contributed by atoms with E-state index >= 15 is 0 Å². The van der Waals surface area contributed by atoms with Crippen LogP contribution < -0.4 is 11.1 Å². The fraction of sp³-hybridized carbons (Fsp3) is 0.375. The monoisotopic (exact) mass is 492 g/mol. The Hall–Kier alpha value is -1.94. The summed E-state index contributed by atoms with van der Waals surface area (Å²) in [6, 6.07) is 3.51. The van der Waals surface area contributed by atoms with Gasteiger partial charge in [0.2, 0.25) is 5.91 Å². The lowest BCUT2D eigenvalue weighted by atomic mass is 9.86. The molecule has 0 aromatic heterocycles. The Morgan fingerprint density at radius 2 is 1.46 bits per heavy atom. The maximum Gasteiger partial charge on any atom is 0.320 e. The van der Waals surface area contributed by atoms with Crippen LogP contribution in [0.4, 0.5) is 0 Å². The van der Waals surface area contributed by atoms with E-state index in [1.54, 1.807) is 18.2 Å². The number of nitrogens with two attached hydrogens (primary N) is 1. The molecule has 1 rings (SSSR count). The van der Waals surface area contributed by atoms with E-state index in [1.165, 1.54) is 6.92 Å². The van der Waals surface area contributed by atoms with E-state index in [1.807, 2.05) is 0 Å². The van der Waals surface area contributed by atoms with E-state index in [-0.39, 0.29) is 5.56 Å². The highest BCUT2D eigenvalue weighted by Gasteiger charge is 2.41. The van der Waals surface area contributed by atoms with Crippen molar-refractivity contribution in [2.24, 2.45) is 17.6 Å². The summed E-state index contributed by atoms with van der Waals surface area (Å²) in [6.45, 7) is 1.42. The van der Waals surface area contributed by atoms with Crippen molar-refractivity contribution < 1.29 is 28.7 Å². The molecule has 0 saturated heterocycles. The molecule has 1 aromatic rings. The summed E-state index contributed by atoms with van der Waals surface area (Å²) < 4.78 is 10.5. The molecular weight excluding hydrogens is 476 g/mol. The molecule has 2 amide bonds. The zero-order chi connectivity index (χ0) is 20.0. The number of hydrogen-bond donors (Lipinski definition) is 2. The lowest BCUT2D eigenvalue weighted by molar-refractivity contribution is -0.161. The van der Waals surface area contributed by atoms with Crippen molar-refractivity contribution in [2.45, 2.75) is 13.0 Å². The third kappa shape index (κ3) is 5.53. The molecule has 3 N–H and O–H groups in total. The first-order valence-corrected chi connectivity index (χ1v) is 8.92. The number of benzene rings is 1. The normalized spacial score (nSPS) is 12.8. The SMILES string of the molecule is COC(=O)C(C(=O)OC)[C@@H](C)[C@H](NC(=O)c1cc(Br)cc(Br)c1)C(N)=O. The van der Waals surface area contributed by atoms with Crippen molar-refractivity contribution in [3.05, 3.63) is 32.7 Å². The summed E-state index contributed by atoms with van der Waals surface area (Å²) in [6.07, 6.45) is 0. The number of methoxy groups -OCH3 is 2. The lowest BCUT2D eigenvalue weighted by Crippen LogP contribution is -2.52. The van der Waals surface area contributed by atoms with Gasteiger partial charge in [-0.1, -0.05) is 38.8 Å². The number of esters is 2. The van der Waals surface area contributed by atoms with Crippen molar-refractivity contribution in [2.75, 3.05) is 14.2 Å². The van der Waals surface area contributed by atoms with E-state index < -0.39 is 41.6 Å². The van der Waals surface area contributed by atoms with E-state index in [0.29, 0.717) is 8.95 Å². The molecule has 0 unspecified atom stereocenters. The largest absolute Gasteiger partial charge is 0.468 e. The van der Waals surface area contributed by atoms with Gasteiger partial charge in [-0.3, -0.25) is 19.2 Å². The Kier molecular flexibility index (Phi) is 8.22. The number of nitrogens with one attached hydrogen (secondary N) is 1. The number of carbonyl (C=O) groups is 4. The highest BCUT2D eigenvalue weighted by atomic mass is 79.9. The summed E-state index contributed by atoms with van der Waals surface area (Å²) in [7, 11) is 2.20. The maximum absolute atomic E-state index is 12.5. The molecule has 8 nitrogen and oxygen atoms in total.